The summed E-state index contributed by atoms with van der Waals surface area (Å²) in [6, 6.07) is 18.7. The smallest absolute Gasteiger partial charge is 0.417 e. The van der Waals surface area contributed by atoms with Gasteiger partial charge in [0.15, 0.2) is 0 Å². The highest BCUT2D eigenvalue weighted by Crippen LogP contribution is 2.42. The van der Waals surface area contributed by atoms with E-state index in [0.29, 0.717) is 43.1 Å². The molecule has 2 heterocycles. The number of anilines is 1. The molecule has 1 unspecified atom stereocenters. The maximum absolute atomic E-state index is 13.4. The van der Waals surface area contributed by atoms with Crippen LogP contribution in [0.15, 0.2) is 89.3 Å². The van der Waals surface area contributed by atoms with Gasteiger partial charge in [-0.25, -0.2) is 14.5 Å². The summed E-state index contributed by atoms with van der Waals surface area (Å²) in [5.41, 5.74) is 0.743. The fourth-order valence-electron chi connectivity index (χ4n) is 5.27. The van der Waals surface area contributed by atoms with Crippen molar-refractivity contribution in [1.29, 1.82) is 0 Å². The molecule has 1 aromatic heterocycles. The zero-order chi connectivity index (χ0) is 29.6. The monoisotopic (exact) mass is 586 g/mol. The Bertz CT molecular complexity index is 1370. The number of rotatable bonds is 11. The Morgan fingerprint density at radius 1 is 1.10 bits per heavy atom. The van der Waals surface area contributed by atoms with E-state index in [0.717, 1.165) is 24.1 Å². The van der Waals surface area contributed by atoms with Crippen LogP contribution < -0.4 is 4.72 Å². The number of carbonyl (C=O) groups excluding carboxylic acids is 1. The SMILES string of the molecule is CCC[C@@]1(CCc2ccccc2)CC(O)=C([C@H](CC)c2cccc(N[S+]([O-])c3ccc(C(F)(F)F)cn3)c2)C(=O)O1. The molecule has 3 aromatic rings. The molecule has 0 radical (unpaired) electrons. The van der Waals surface area contributed by atoms with Gasteiger partial charge in [0.05, 0.1) is 16.8 Å². The molecule has 6 nitrogen and oxygen atoms in total. The summed E-state index contributed by atoms with van der Waals surface area (Å²) in [5, 5.41) is 11.2. The maximum Gasteiger partial charge on any atom is 0.417 e. The summed E-state index contributed by atoms with van der Waals surface area (Å²) in [6.07, 6.45) is -0.452. The molecule has 2 N–H and O–H groups in total. The summed E-state index contributed by atoms with van der Waals surface area (Å²) in [5.74, 6) is -1.00. The second-order valence-electron chi connectivity index (χ2n) is 10.2. The van der Waals surface area contributed by atoms with Crippen LogP contribution in [0, 0.1) is 0 Å². The Labute approximate surface area is 241 Å². The number of carbonyl (C=O) groups is 1. The van der Waals surface area contributed by atoms with Crippen molar-refractivity contribution in [1.82, 2.24) is 4.98 Å². The highest BCUT2D eigenvalue weighted by atomic mass is 32.2. The summed E-state index contributed by atoms with van der Waals surface area (Å²) in [7, 11) is 0. The molecule has 3 atom stereocenters. The number of nitrogens with zero attached hydrogens (tertiary/aromatic N) is 1. The fraction of sp³-hybridized carbons (Fsp3) is 0.355. The Balaban J connectivity index is 1.53. The molecule has 218 valence electrons. The number of alkyl halides is 3. The number of ether oxygens (including phenoxy) is 1. The number of cyclic esters (lactones) is 1. The van der Waals surface area contributed by atoms with E-state index in [1.807, 2.05) is 44.2 Å². The van der Waals surface area contributed by atoms with Crippen LogP contribution in [0.25, 0.3) is 0 Å². The minimum atomic E-state index is -4.54. The van der Waals surface area contributed by atoms with Gasteiger partial charge in [-0.1, -0.05) is 62.7 Å². The second-order valence-corrected chi connectivity index (χ2v) is 11.3. The number of hydrogen-bond donors (Lipinski definition) is 2. The molecule has 10 heteroatoms. The van der Waals surface area contributed by atoms with Gasteiger partial charge in [0.1, 0.15) is 22.7 Å². The highest BCUT2D eigenvalue weighted by molar-refractivity contribution is 7.92. The quantitative estimate of drug-likeness (QED) is 0.177. The van der Waals surface area contributed by atoms with E-state index in [9.17, 15) is 27.6 Å². The molecule has 1 aliphatic rings. The van der Waals surface area contributed by atoms with Crippen molar-refractivity contribution in [3.63, 3.8) is 0 Å². The second kappa shape index (κ2) is 13.0. The van der Waals surface area contributed by atoms with E-state index >= 15 is 0 Å². The van der Waals surface area contributed by atoms with Crippen molar-refractivity contribution in [2.45, 2.75) is 75.1 Å². The van der Waals surface area contributed by atoms with Crippen LogP contribution in [0.4, 0.5) is 18.9 Å². The number of aryl methyl sites for hydroxylation is 1. The molecular weight excluding hydrogens is 553 g/mol. The van der Waals surface area contributed by atoms with Gasteiger partial charge in [0.25, 0.3) is 5.03 Å². The Kier molecular flexibility index (Phi) is 9.65. The van der Waals surface area contributed by atoms with Gasteiger partial charge >= 0.3 is 12.1 Å². The molecule has 0 bridgehead atoms. The number of aliphatic hydroxyl groups excluding tert-OH is 1. The predicted octanol–water partition coefficient (Wildman–Crippen LogP) is 7.66. The Morgan fingerprint density at radius 2 is 1.85 bits per heavy atom. The van der Waals surface area contributed by atoms with E-state index in [2.05, 4.69) is 9.71 Å². The Morgan fingerprint density at radius 3 is 2.46 bits per heavy atom. The van der Waals surface area contributed by atoms with Crippen LogP contribution in [-0.2, 0) is 33.5 Å². The third-order valence-corrected chi connectivity index (χ3v) is 8.30. The molecule has 0 saturated heterocycles. The number of halogens is 3. The molecule has 0 fully saturated rings. The first-order valence-electron chi connectivity index (χ1n) is 13.6. The lowest BCUT2D eigenvalue weighted by Gasteiger charge is -2.38. The van der Waals surface area contributed by atoms with Gasteiger partial charge in [-0.05, 0) is 55.0 Å². The summed E-state index contributed by atoms with van der Waals surface area (Å²) < 4.78 is 60.1. The van der Waals surface area contributed by atoms with Crippen LogP contribution in [0.1, 0.15) is 68.6 Å². The zero-order valence-electron chi connectivity index (χ0n) is 22.9. The normalized spacial score (nSPS) is 19.0. The first kappa shape index (κ1) is 30.5. The fourth-order valence-corrected chi connectivity index (χ4v) is 6.05. The number of benzene rings is 2. The summed E-state index contributed by atoms with van der Waals surface area (Å²) >= 11 is -1.92. The van der Waals surface area contributed by atoms with E-state index in [4.69, 9.17) is 4.74 Å². The number of aliphatic hydroxyl groups is 1. The molecule has 0 amide bonds. The van der Waals surface area contributed by atoms with Crippen molar-refractivity contribution in [3.05, 3.63) is 101 Å². The average molecular weight is 587 g/mol. The molecule has 1 aliphatic heterocycles. The number of nitrogens with one attached hydrogen (secondary N) is 1. The topological polar surface area (TPSA) is 94.5 Å². The van der Waals surface area contributed by atoms with Crippen molar-refractivity contribution in [2.24, 2.45) is 0 Å². The Hall–Kier alpha value is -3.50. The van der Waals surface area contributed by atoms with Gasteiger partial charge in [0, 0.05) is 24.6 Å². The standard InChI is InChI=1S/C31H33F3N2O4S/c1-3-16-30(17-15-21-9-6-5-7-10-21)19-26(37)28(29(38)40-30)25(4-2)22-11-8-12-24(18-22)36-41(39)27-14-13-23(20-35-27)31(32,33)34/h5-14,18,20,25,36-37H,3-4,15-17,19H2,1-2H3/t25-,30-,41?/m1/s1. The van der Waals surface area contributed by atoms with Gasteiger partial charge in [0.2, 0.25) is 0 Å². The molecule has 0 aliphatic carbocycles. The van der Waals surface area contributed by atoms with Crippen LogP contribution in [0.5, 0.6) is 0 Å². The van der Waals surface area contributed by atoms with E-state index in [1.165, 1.54) is 0 Å². The average Bonchev–Trinajstić information content (AvgIpc) is 2.94. The zero-order valence-corrected chi connectivity index (χ0v) is 23.7. The predicted molar refractivity (Wildman–Crippen MR) is 152 cm³/mol. The summed E-state index contributed by atoms with van der Waals surface area (Å²) in [6.45, 7) is 3.91. The lowest BCUT2D eigenvalue weighted by molar-refractivity contribution is -0.161. The maximum atomic E-state index is 13.4. The van der Waals surface area contributed by atoms with Gasteiger partial charge in [-0.3, -0.25) is 0 Å². The van der Waals surface area contributed by atoms with Crippen LogP contribution in [0.2, 0.25) is 0 Å². The minimum absolute atomic E-state index is 0.0190. The van der Waals surface area contributed by atoms with Crippen molar-refractivity contribution in [3.8, 4) is 0 Å². The number of hydrogen-bond acceptors (Lipinski definition) is 6. The highest BCUT2D eigenvalue weighted by Gasteiger charge is 2.43. The number of esters is 1. The van der Waals surface area contributed by atoms with Crippen molar-refractivity contribution in [2.75, 3.05) is 4.72 Å². The molecule has 41 heavy (non-hydrogen) atoms. The van der Waals surface area contributed by atoms with Crippen LogP contribution in [0.3, 0.4) is 0 Å². The van der Waals surface area contributed by atoms with E-state index in [1.54, 1.807) is 24.3 Å². The van der Waals surface area contributed by atoms with Gasteiger partial charge in [-0.2, -0.15) is 13.2 Å². The van der Waals surface area contributed by atoms with Crippen LogP contribution >= 0.6 is 0 Å². The first-order valence-corrected chi connectivity index (χ1v) is 14.7. The lowest BCUT2D eigenvalue weighted by atomic mass is 9.80. The minimum Gasteiger partial charge on any atom is -0.587 e. The molecule has 2 aromatic carbocycles. The van der Waals surface area contributed by atoms with E-state index < -0.39 is 40.6 Å². The molecule has 4 rings (SSSR count). The molecule has 0 spiro atoms. The van der Waals surface area contributed by atoms with Gasteiger partial charge in [-0.15, -0.1) is 0 Å². The molecule has 0 saturated carbocycles. The molecular formula is C31H33F3N2O4S. The number of aromatic nitrogens is 1. The largest absolute Gasteiger partial charge is 0.587 e. The number of pyridine rings is 1. The first-order chi connectivity index (χ1) is 19.5. The lowest BCUT2D eigenvalue weighted by Crippen LogP contribution is -2.41. The van der Waals surface area contributed by atoms with Gasteiger partial charge < -0.3 is 14.4 Å². The van der Waals surface area contributed by atoms with Crippen molar-refractivity contribution >= 4 is 23.0 Å². The third-order valence-electron chi connectivity index (χ3n) is 7.26. The summed E-state index contributed by atoms with van der Waals surface area (Å²) in [4.78, 5) is 17.1. The van der Waals surface area contributed by atoms with Crippen LogP contribution in [-0.4, -0.2) is 26.2 Å². The van der Waals surface area contributed by atoms with E-state index in [-0.39, 0.29) is 22.8 Å². The van der Waals surface area contributed by atoms with Crippen molar-refractivity contribution < 1.29 is 32.4 Å². The third kappa shape index (κ3) is 7.42.